The third-order valence-corrected chi connectivity index (χ3v) is 4.49. The molecular formula is C16H17N2S+. The zero-order chi connectivity index (χ0) is 13.6. The van der Waals surface area contributed by atoms with Crippen molar-refractivity contribution in [1.82, 2.24) is 4.98 Å². The first-order chi connectivity index (χ1) is 9.08. The lowest BCUT2D eigenvalue weighted by molar-refractivity contribution is -0.662. The van der Waals surface area contributed by atoms with Crippen LogP contribution in [0.5, 0.6) is 0 Å². The highest BCUT2D eigenvalue weighted by Gasteiger charge is 2.18. The number of fused-ring (bicyclic) bond motifs is 1. The first-order valence-electron chi connectivity index (χ1n) is 6.38. The van der Waals surface area contributed by atoms with Crippen molar-refractivity contribution in [2.45, 2.75) is 20.8 Å². The Morgan fingerprint density at radius 2 is 1.95 bits per heavy atom. The molecule has 0 atom stereocenters. The summed E-state index contributed by atoms with van der Waals surface area (Å²) < 4.78 is 2.12. The second-order valence-corrected chi connectivity index (χ2v) is 5.99. The molecule has 3 aromatic rings. The summed E-state index contributed by atoms with van der Waals surface area (Å²) in [6, 6.07) is 6.68. The van der Waals surface area contributed by atoms with Gasteiger partial charge in [-0.15, -0.1) is 0 Å². The highest BCUT2D eigenvalue weighted by molar-refractivity contribution is 7.16. The summed E-state index contributed by atoms with van der Waals surface area (Å²) in [5, 5.41) is 3.35. The van der Waals surface area contributed by atoms with Gasteiger partial charge in [-0.3, -0.25) is 0 Å². The van der Waals surface area contributed by atoms with E-state index in [0.717, 1.165) is 4.83 Å². The van der Waals surface area contributed by atoms with Gasteiger partial charge in [0.2, 0.25) is 4.83 Å². The Morgan fingerprint density at radius 3 is 2.74 bits per heavy atom. The fraction of sp³-hybridized carbons (Fsp3) is 0.250. The molecule has 19 heavy (non-hydrogen) atoms. The lowest BCUT2D eigenvalue weighted by Crippen LogP contribution is -2.31. The summed E-state index contributed by atoms with van der Waals surface area (Å²) in [6.07, 6.45) is 1.91. The Bertz CT molecular complexity index is 772. The van der Waals surface area contributed by atoms with Crippen molar-refractivity contribution in [2.75, 3.05) is 0 Å². The molecule has 0 bridgehead atoms. The molecule has 0 spiro atoms. The molecule has 1 aromatic carbocycles. The van der Waals surface area contributed by atoms with Crippen molar-refractivity contribution in [3.8, 4) is 11.3 Å². The first-order valence-corrected chi connectivity index (χ1v) is 7.26. The van der Waals surface area contributed by atoms with Gasteiger partial charge < -0.3 is 0 Å². The fourth-order valence-corrected chi connectivity index (χ4v) is 3.32. The van der Waals surface area contributed by atoms with Gasteiger partial charge in [-0.1, -0.05) is 23.0 Å². The van der Waals surface area contributed by atoms with E-state index in [1.165, 1.54) is 33.3 Å². The summed E-state index contributed by atoms with van der Waals surface area (Å²) in [4.78, 5) is 5.59. The number of rotatable bonds is 1. The second kappa shape index (κ2) is 4.42. The maximum absolute atomic E-state index is 4.48. The van der Waals surface area contributed by atoms with E-state index >= 15 is 0 Å². The molecule has 2 nitrogen and oxygen atoms in total. The van der Waals surface area contributed by atoms with Crippen LogP contribution in [-0.4, -0.2) is 4.98 Å². The molecule has 96 valence electrons. The summed E-state index contributed by atoms with van der Waals surface area (Å²) in [7, 11) is 2.07. The van der Waals surface area contributed by atoms with Crippen LogP contribution < -0.4 is 4.57 Å². The maximum atomic E-state index is 4.48. The third-order valence-electron chi connectivity index (χ3n) is 3.67. The molecule has 0 unspecified atom stereocenters. The average molecular weight is 269 g/mol. The van der Waals surface area contributed by atoms with Crippen molar-refractivity contribution in [3.05, 3.63) is 46.6 Å². The van der Waals surface area contributed by atoms with E-state index in [-0.39, 0.29) is 0 Å². The number of aryl methyl sites for hydroxylation is 3. The molecule has 0 aliphatic rings. The molecule has 0 aliphatic heterocycles. The smallest absolute Gasteiger partial charge is 0.232 e. The monoisotopic (exact) mass is 269 g/mol. The number of aromatic nitrogens is 2. The summed E-state index contributed by atoms with van der Waals surface area (Å²) in [6.45, 7) is 6.53. The van der Waals surface area contributed by atoms with Gasteiger partial charge in [0.15, 0.2) is 0 Å². The molecular weight excluding hydrogens is 252 g/mol. The molecule has 0 N–H and O–H groups in total. The van der Waals surface area contributed by atoms with Gasteiger partial charge in [0.1, 0.15) is 5.69 Å². The third kappa shape index (κ3) is 1.94. The Kier molecular flexibility index (Phi) is 2.86. The normalized spacial score (nSPS) is 11.2. The van der Waals surface area contributed by atoms with Crippen molar-refractivity contribution < 1.29 is 4.57 Å². The Morgan fingerprint density at radius 1 is 1.16 bits per heavy atom. The summed E-state index contributed by atoms with van der Waals surface area (Å²) in [5.74, 6) is 0. The number of nitrogens with zero attached hydrogens (tertiary/aromatic N) is 2. The van der Waals surface area contributed by atoms with Crippen molar-refractivity contribution >= 4 is 21.6 Å². The predicted octanol–water partition coefficient (Wildman–Crippen LogP) is 3.71. The van der Waals surface area contributed by atoms with Crippen LogP contribution in [0.4, 0.5) is 0 Å². The molecule has 2 heterocycles. The highest BCUT2D eigenvalue weighted by atomic mass is 32.1. The van der Waals surface area contributed by atoms with Gasteiger partial charge in [-0.25, -0.2) is 4.57 Å². The van der Waals surface area contributed by atoms with E-state index in [4.69, 9.17) is 0 Å². The van der Waals surface area contributed by atoms with Gasteiger partial charge in [0.25, 0.3) is 6.33 Å². The SMILES string of the molecule is Cc1cc(C)c(C)c(-c2c3ccsc3nc[n+]2C)c1. The number of hydrogen-bond acceptors (Lipinski definition) is 2. The Hall–Kier alpha value is -1.74. The zero-order valence-electron chi connectivity index (χ0n) is 11.7. The Balaban J connectivity index is 2.42. The van der Waals surface area contributed by atoms with E-state index < -0.39 is 0 Å². The minimum Gasteiger partial charge on any atom is -0.232 e. The van der Waals surface area contributed by atoms with Gasteiger partial charge in [-0.2, -0.15) is 0 Å². The van der Waals surface area contributed by atoms with E-state index in [0.29, 0.717) is 0 Å². The average Bonchev–Trinajstić information content (AvgIpc) is 2.82. The molecule has 3 heteroatoms. The van der Waals surface area contributed by atoms with Crippen molar-refractivity contribution in [1.29, 1.82) is 0 Å². The van der Waals surface area contributed by atoms with Crippen LogP contribution >= 0.6 is 11.3 Å². The van der Waals surface area contributed by atoms with E-state index in [1.807, 2.05) is 6.33 Å². The van der Waals surface area contributed by atoms with Crippen LogP contribution in [0.25, 0.3) is 21.5 Å². The molecule has 3 rings (SSSR count). The van der Waals surface area contributed by atoms with E-state index in [2.05, 4.69) is 60.9 Å². The van der Waals surface area contributed by atoms with Gasteiger partial charge in [0.05, 0.1) is 12.4 Å². The van der Waals surface area contributed by atoms with Crippen LogP contribution in [-0.2, 0) is 7.05 Å². The van der Waals surface area contributed by atoms with Crippen LogP contribution in [0, 0.1) is 20.8 Å². The van der Waals surface area contributed by atoms with Gasteiger partial charge >= 0.3 is 0 Å². The Labute approximate surface area is 117 Å². The lowest BCUT2D eigenvalue weighted by atomic mass is 9.96. The van der Waals surface area contributed by atoms with Gasteiger partial charge in [0, 0.05) is 5.56 Å². The first kappa shape index (κ1) is 12.3. The van der Waals surface area contributed by atoms with E-state index in [1.54, 1.807) is 11.3 Å². The second-order valence-electron chi connectivity index (χ2n) is 5.10. The van der Waals surface area contributed by atoms with E-state index in [9.17, 15) is 0 Å². The zero-order valence-corrected chi connectivity index (χ0v) is 12.5. The number of thiophene rings is 1. The highest BCUT2D eigenvalue weighted by Crippen LogP contribution is 2.31. The summed E-state index contributed by atoms with van der Waals surface area (Å²) in [5.41, 5.74) is 6.56. The van der Waals surface area contributed by atoms with Crippen LogP contribution in [0.15, 0.2) is 29.9 Å². The number of benzene rings is 1. The fourth-order valence-electron chi connectivity index (χ4n) is 2.59. The minimum atomic E-state index is 1.10. The standard InChI is InChI=1S/C16H17N2S/c1-10-7-11(2)12(3)14(8-10)15-13-5-6-19-16(13)17-9-18(15)4/h5-9H,1-4H3/q+1. The number of hydrogen-bond donors (Lipinski definition) is 0. The molecule has 0 radical (unpaired) electrons. The minimum absolute atomic E-state index is 1.10. The lowest BCUT2D eigenvalue weighted by Gasteiger charge is -2.11. The van der Waals surface area contributed by atoms with Crippen molar-refractivity contribution in [2.24, 2.45) is 7.05 Å². The topological polar surface area (TPSA) is 16.8 Å². The van der Waals surface area contributed by atoms with Crippen LogP contribution in [0.3, 0.4) is 0 Å². The molecule has 2 aromatic heterocycles. The molecule has 0 amide bonds. The largest absolute Gasteiger partial charge is 0.288 e. The quantitative estimate of drug-likeness (QED) is 0.615. The molecule has 0 saturated carbocycles. The summed E-state index contributed by atoms with van der Waals surface area (Å²) >= 11 is 1.69. The predicted molar refractivity (Wildman–Crippen MR) is 80.4 cm³/mol. The molecule has 0 fully saturated rings. The molecule has 0 aliphatic carbocycles. The molecule has 0 saturated heterocycles. The van der Waals surface area contributed by atoms with Gasteiger partial charge in [-0.05, 0) is 54.4 Å². The van der Waals surface area contributed by atoms with Crippen LogP contribution in [0.1, 0.15) is 16.7 Å². The maximum Gasteiger partial charge on any atom is 0.288 e. The van der Waals surface area contributed by atoms with Crippen molar-refractivity contribution in [3.63, 3.8) is 0 Å². The van der Waals surface area contributed by atoms with Crippen LogP contribution in [0.2, 0.25) is 0 Å².